The van der Waals surface area contributed by atoms with Crippen LogP contribution in [0.3, 0.4) is 0 Å². The number of ether oxygens (including phenoxy) is 1. The number of aliphatic carboxylic acids is 1. The molecular weight excluding hydrogens is 376 g/mol. The Bertz CT molecular complexity index is 674. The van der Waals surface area contributed by atoms with Crippen LogP contribution in [0.2, 0.25) is 0 Å². The van der Waals surface area contributed by atoms with Crippen LogP contribution in [0, 0.1) is 46.3 Å². The molecule has 4 heteroatoms. The monoisotopic (exact) mass is 418 g/mol. The zero-order valence-electron chi connectivity index (χ0n) is 19.5. The number of fused-ring (bicyclic) bond motifs is 5. The highest BCUT2D eigenvalue weighted by Gasteiger charge is 2.60. The van der Waals surface area contributed by atoms with Crippen molar-refractivity contribution in [1.82, 2.24) is 0 Å². The van der Waals surface area contributed by atoms with Crippen LogP contribution in [0.4, 0.5) is 0 Å². The minimum atomic E-state index is -0.652. The van der Waals surface area contributed by atoms with Gasteiger partial charge in [-0.2, -0.15) is 0 Å². The van der Waals surface area contributed by atoms with E-state index in [2.05, 4.69) is 20.8 Å². The van der Waals surface area contributed by atoms with Gasteiger partial charge in [-0.1, -0.05) is 20.8 Å². The van der Waals surface area contributed by atoms with E-state index in [1.54, 1.807) is 6.92 Å². The molecule has 0 aromatic rings. The van der Waals surface area contributed by atoms with Crippen LogP contribution < -0.4 is 0 Å². The van der Waals surface area contributed by atoms with Crippen LogP contribution in [0.1, 0.15) is 98.3 Å². The lowest BCUT2D eigenvalue weighted by atomic mass is 9.44. The van der Waals surface area contributed by atoms with Crippen LogP contribution in [0.5, 0.6) is 0 Å². The SMILES string of the molecule is CC(=O)O[C@H]1CC[C@@]2(C)[C@@H](CC[C@H]3[C@H]2CC[C@@]2(C)[C@@H]3CC[C@H]2[C@@H](C)CCC(=O)O)C1. The van der Waals surface area contributed by atoms with E-state index in [-0.39, 0.29) is 12.1 Å². The van der Waals surface area contributed by atoms with Gasteiger partial charge < -0.3 is 9.84 Å². The van der Waals surface area contributed by atoms with Crippen molar-refractivity contribution in [2.45, 2.75) is 104 Å². The molecule has 4 fully saturated rings. The van der Waals surface area contributed by atoms with Crippen LogP contribution in [0.15, 0.2) is 0 Å². The number of esters is 1. The molecule has 4 aliphatic carbocycles. The summed E-state index contributed by atoms with van der Waals surface area (Å²) in [6, 6.07) is 0. The van der Waals surface area contributed by atoms with E-state index in [0.29, 0.717) is 35.0 Å². The smallest absolute Gasteiger partial charge is 0.303 e. The average molecular weight is 419 g/mol. The van der Waals surface area contributed by atoms with E-state index < -0.39 is 5.97 Å². The lowest BCUT2D eigenvalue weighted by Crippen LogP contribution is -2.54. The Morgan fingerprint density at radius 1 is 1.00 bits per heavy atom. The fourth-order valence-electron chi connectivity index (χ4n) is 9.09. The fourth-order valence-corrected chi connectivity index (χ4v) is 9.09. The zero-order valence-corrected chi connectivity index (χ0v) is 19.5. The van der Waals surface area contributed by atoms with E-state index in [9.17, 15) is 9.59 Å². The van der Waals surface area contributed by atoms with E-state index in [1.807, 2.05) is 0 Å². The predicted octanol–water partition coefficient (Wildman–Crippen LogP) is 6.08. The van der Waals surface area contributed by atoms with Crippen molar-refractivity contribution in [2.24, 2.45) is 46.3 Å². The normalized spacial score (nSPS) is 46.3. The lowest BCUT2D eigenvalue weighted by Gasteiger charge is -2.61. The third-order valence-corrected chi connectivity index (χ3v) is 10.5. The van der Waals surface area contributed by atoms with Gasteiger partial charge in [0, 0.05) is 13.3 Å². The van der Waals surface area contributed by atoms with Gasteiger partial charge in [0.2, 0.25) is 0 Å². The van der Waals surface area contributed by atoms with Crippen molar-refractivity contribution in [3.05, 3.63) is 0 Å². The number of hydrogen-bond acceptors (Lipinski definition) is 3. The number of carbonyl (C=O) groups is 2. The summed E-state index contributed by atoms with van der Waals surface area (Å²) in [7, 11) is 0. The highest BCUT2D eigenvalue weighted by atomic mass is 16.5. The highest BCUT2D eigenvalue weighted by molar-refractivity contribution is 5.66. The largest absolute Gasteiger partial charge is 0.481 e. The van der Waals surface area contributed by atoms with E-state index in [1.165, 1.54) is 44.9 Å². The second-order valence-electron chi connectivity index (χ2n) is 11.8. The molecule has 4 rings (SSSR count). The summed E-state index contributed by atoms with van der Waals surface area (Å²) in [6.07, 6.45) is 12.5. The maximum atomic E-state index is 11.5. The predicted molar refractivity (Wildman–Crippen MR) is 117 cm³/mol. The van der Waals surface area contributed by atoms with Crippen molar-refractivity contribution in [3.8, 4) is 0 Å². The summed E-state index contributed by atoms with van der Waals surface area (Å²) in [4.78, 5) is 22.5. The van der Waals surface area contributed by atoms with E-state index in [4.69, 9.17) is 9.84 Å². The minimum absolute atomic E-state index is 0.125. The summed E-state index contributed by atoms with van der Waals surface area (Å²) >= 11 is 0. The Morgan fingerprint density at radius 3 is 2.40 bits per heavy atom. The first-order chi connectivity index (χ1) is 14.1. The molecular formula is C26H42O4. The lowest BCUT2D eigenvalue weighted by molar-refractivity contribution is -0.160. The van der Waals surface area contributed by atoms with Crippen molar-refractivity contribution in [1.29, 1.82) is 0 Å². The molecule has 30 heavy (non-hydrogen) atoms. The van der Waals surface area contributed by atoms with Gasteiger partial charge in [-0.25, -0.2) is 0 Å². The molecule has 1 N–H and O–H groups in total. The second-order valence-corrected chi connectivity index (χ2v) is 11.8. The Balaban J connectivity index is 1.47. The third-order valence-electron chi connectivity index (χ3n) is 10.5. The van der Waals surface area contributed by atoms with Crippen LogP contribution in [-0.2, 0) is 14.3 Å². The maximum absolute atomic E-state index is 11.5. The molecule has 4 nitrogen and oxygen atoms in total. The number of hydrogen-bond donors (Lipinski definition) is 1. The Morgan fingerprint density at radius 2 is 1.70 bits per heavy atom. The molecule has 0 saturated heterocycles. The molecule has 0 aromatic heterocycles. The summed E-state index contributed by atoms with van der Waals surface area (Å²) in [5.74, 6) is 3.60. The molecule has 9 atom stereocenters. The molecule has 0 aliphatic heterocycles. The first-order valence-corrected chi connectivity index (χ1v) is 12.5. The number of carbonyl (C=O) groups excluding carboxylic acids is 1. The van der Waals surface area contributed by atoms with Crippen molar-refractivity contribution >= 4 is 11.9 Å². The molecule has 0 bridgehead atoms. The summed E-state index contributed by atoms with van der Waals surface area (Å²) in [6.45, 7) is 8.96. The zero-order chi connectivity index (χ0) is 21.7. The van der Waals surface area contributed by atoms with E-state index >= 15 is 0 Å². The molecule has 0 radical (unpaired) electrons. The summed E-state index contributed by atoms with van der Waals surface area (Å²) in [5.41, 5.74) is 0.811. The molecule has 0 amide bonds. The third kappa shape index (κ3) is 3.71. The van der Waals surface area contributed by atoms with Gasteiger partial charge in [0.25, 0.3) is 0 Å². The molecule has 4 aliphatic rings. The molecule has 0 spiro atoms. The fraction of sp³-hybridized carbons (Fsp3) is 0.923. The van der Waals surface area contributed by atoms with Gasteiger partial charge in [0.1, 0.15) is 6.10 Å². The highest BCUT2D eigenvalue weighted by Crippen LogP contribution is 2.68. The van der Waals surface area contributed by atoms with Gasteiger partial charge >= 0.3 is 11.9 Å². The number of carboxylic acids is 1. The standard InChI is InChI=1S/C26H42O4/c1-16(5-10-24(28)29)21-8-9-22-20-7-6-18-15-19(30-17(2)27)11-13-25(18,3)23(20)12-14-26(21,22)4/h16,18-23H,5-15H2,1-4H3,(H,28,29)/t16-,18-,19-,20+,21-,22+,23+,25-,26+/m0/s1. The van der Waals surface area contributed by atoms with Crippen LogP contribution >= 0.6 is 0 Å². The molecule has 0 aromatic carbocycles. The topological polar surface area (TPSA) is 63.6 Å². The van der Waals surface area contributed by atoms with Gasteiger partial charge in [-0.3, -0.25) is 9.59 Å². The van der Waals surface area contributed by atoms with Crippen molar-refractivity contribution < 1.29 is 19.4 Å². The van der Waals surface area contributed by atoms with Crippen LogP contribution in [0.25, 0.3) is 0 Å². The Hall–Kier alpha value is -1.06. The second kappa shape index (κ2) is 8.13. The number of rotatable bonds is 5. The molecule has 0 heterocycles. The van der Waals surface area contributed by atoms with Gasteiger partial charge in [-0.15, -0.1) is 0 Å². The molecule has 0 unspecified atom stereocenters. The van der Waals surface area contributed by atoms with Gasteiger partial charge in [0.05, 0.1) is 0 Å². The molecule has 4 saturated carbocycles. The summed E-state index contributed by atoms with van der Waals surface area (Å²) < 4.78 is 5.61. The quantitative estimate of drug-likeness (QED) is 0.550. The summed E-state index contributed by atoms with van der Waals surface area (Å²) in [5, 5.41) is 9.13. The maximum Gasteiger partial charge on any atom is 0.303 e. The first kappa shape index (κ1) is 22.1. The average Bonchev–Trinajstić information content (AvgIpc) is 3.03. The Kier molecular flexibility index (Phi) is 6.00. The van der Waals surface area contributed by atoms with Gasteiger partial charge in [0.15, 0.2) is 0 Å². The van der Waals surface area contributed by atoms with Gasteiger partial charge in [-0.05, 0) is 111 Å². The number of carboxylic acid groups (broad SMARTS) is 1. The molecule has 170 valence electrons. The van der Waals surface area contributed by atoms with Crippen LogP contribution in [-0.4, -0.2) is 23.1 Å². The minimum Gasteiger partial charge on any atom is -0.481 e. The first-order valence-electron chi connectivity index (χ1n) is 12.5. The van der Waals surface area contributed by atoms with E-state index in [0.717, 1.165) is 37.0 Å². The van der Waals surface area contributed by atoms with Crippen molar-refractivity contribution in [2.75, 3.05) is 0 Å². The van der Waals surface area contributed by atoms with Crippen molar-refractivity contribution in [3.63, 3.8) is 0 Å². The Labute approximate surface area is 182 Å².